The first-order chi connectivity index (χ1) is 16.2. The number of hydrogen-bond donors (Lipinski definition) is 1. The smallest absolute Gasteiger partial charge is 0.160 e. The van der Waals surface area contributed by atoms with Crippen molar-refractivity contribution in [2.75, 3.05) is 45.7 Å². The van der Waals surface area contributed by atoms with E-state index in [0.29, 0.717) is 0 Å². The van der Waals surface area contributed by atoms with Crippen LogP contribution in [0.4, 0.5) is 5.69 Å². The lowest BCUT2D eigenvalue weighted by Gasteiger charge is -2.32. The number of hydrogen-bond acceptors (Lipinski definition) is 4. The zero-order chi connectivity index (χ0) is 22.9. The number of rotatable bonds is 10. The summed E-state index contributed by atoms with van der Waals surface area (Å²) in [6.45, 7) is 4.54. The van der Waals surface area contributed by atoms with Gasteiger partial charge in [-0.2, -0.15) is 0 Å². The van der Waals surface area contributed by atoms with E-state index in [2.05, 4.69) is 76.9 Å². The van der Waals surface area contributed by atoms with Gasteiger partial charge in [-0.25, -0.2) is 0 Å². The van der Waals surface area contributed by atoms with Gasteiger partial charge in [0.2, 0.25) is 0 Å². The summed E-state index contributed by atoms with van der Waals surface area (Å²) in [5.41, 5.74) is 5.04. The second-order valence-corrected chi connectivity index (χ2v) is 8.88. The molecule has 0 atom stereocenters. The van der Waals surface area contributed by atoms with E-state index < -0.39 is 0 Å². The molecule has 4 rings (SSSR count). The van der Waals surface area contributed by atoms with E-state index in [4.69, 9.17) is 9.47 Å². The lowest BCUT2D eigenvalue weighted by molar-refractivity contribution is 0.183. The molecule has 1 fully saturated rings. The van der Waals surface area contributed by atoms with E-state index in [1.165, 1.54) is 54.7 Å². The number of nitrogens with one attached hydrogen (secondary N) is 1. The highest BCUT2D eigenvalue weighted by Gasteiger charge is 2.18. The molecule has 4 nitrogen and oxygen atoms in total. The molecule has 1 aliphatic heterocycles. The zero-order valence-electron chi connectivity index (χ0n) is 19.9. The van der Waals surface area contributed by atoms with E-state index in [9.17, 15) is 0 Å². The van der Waals surface area contributed by atoms with Crippen LogP contribution in [-0.2, 0) is 6.42 Å². The minimum atomic E-state index is 0.794. The summed E-state index contributed by atoms with van der Waals surface area (Å²) >= 11 is 0. The highest BCUT2D eigenvalue weighted by Crippen LogP contribution is 2.28. The maximum atomic E-state index is 5.43. The number of benzene rings is 3. The number of piperidine rings is 1. The molecule has 0 saturated carbocycles. The first kappa shape index (κ1) is 23.2. The fourth-order valence-electron chi connectivity index (χ4n) is 4.65. The molecule has 0 spiro atoms. The fraction of sp³-hybridized carbons (Fsp3) is 0.379. The number of methoxy groups -OCH3 is 2. The van der Waals surface area contributed by atoms with E-state index in [1.54, 1.807) is 14.2 Å². The Bertz CT molecular complexity index is 980. The van der Waals surface area contributed by atoms with Gasteiger partial charge in [0.05, 0.1) is 14.2 Å². The quantitative estimate of drug-likeness (QED) is 0.408. The number of anilines is 1. The van der Waals surface area contributed by atoms with E-state index in [-0.39, 0.29) is 0 Å². The summed E-state index contributed by atoms with van der Waals surface area (Å²) < 4.78 is 10.8. The van der Waals surface area contributed by atoms with Gasteiger partial charge in [0, 0.05) is 18.8 Å². The zero-order valence-corrected chi connectivity index (χ0v) is 19.9. The normalized spacial score (nSPS) is 14.7. The lowest BCUT2D eigenvalue weighted by Crippen LogP contribution is -2.35. The third kappa shape index (κ3) is 6.52. The van der Waals surface area contributed by atoms with Crippen molar-refractivity contribution in [3.63, 3.8) is 0 Å². The Morgan fingerprint density at radius 1 is 0.818 bits per heavy atom. The first-order valence-electron chi connectivity index (χ1n) is 12.1. The van der Waals surface area contributed by atoms with Crippen LogP contribution in [0.3, 0.4) is 0 Å². The van der Waals surface area contributed by atoms with Crippen molar-refractivity contribution >= 4 is 5.69 Å². The molecular weight excluding hydrogens is 408 g/mol. The molecule has 1 N–H and O–H groups in total. The van der Waals surface area contributed by atoms with Crippen molar-refractivity contribution in [3.8, 4) is 22.6 Å². The maximum absolute atomic E-state index is 5.43. The van der Waals surface area contributed by atoms with Gasteiger partial charge < -0.3 is 19.7 Å². The first-order valence-corrected chi connectivity index (χ1v) is 12.1. The van der Waals surface area contributed by atoms with Crippen molar-refractivity contribution in [2.24, 2.45) is 5.92 Å². The third-order valence-corrected chi connectivity index (χ3v) is 6.75. The van der Waals surface area contributed by atoms with Crippen LogP contribution in [0, 0.1) is 5.92 Å². The topological polar surface area (TPSA) is 33.7 Å². The summed E-state index contributed by atoms with van der Waals surface area (Å²) in [6.07, 6.45) is 4.87. The Morgan fingerprint density at radius 3 is 2.21 bits per heavy atom. The van der Waals surface area contributed by atoms with Crippen molar-refractivity contribution in [2.45, 2.75) is 25.7 Å². The van der Waals surface area contributed by atoms with Gasteiger partial charge in [-0.3, -0.25) is 0 Å². The van der Waals surface area contributed by atoms with Crippen LogP contribution in [0.5, 0.6) is 11.5 Å². The van der Waals surface area contributed by atoms with E-state index in [0.717, 1.165) is 36.9 Å². The van der Waals surface area contributed by atoms with Crippen LogP contribution in [0.25, 0.3) is 11.1 Å². The Labute approximate surface area is 198 Å². The van der Waals surface area contributed by atoms with Gasteiger partial charge in [-0.15, -0.1) is 0 Å². The van der Waals surface area contributed by atoms with Crippen LogP contribution in [-0.4, -0.2) is 45.3 Å². The summed E-state index contributed by atoms with van der Waals surface area (Å²) in [5.74, 6) is 2.43. The van der Waals surface area contributed by atoms with Crippen LogP contribution >= 0.6 is 0 Å². The average Bonchev–Trinajstić information content (AvgIpc) is 2.89. The highest BCUT2D eigenvalue weighted by molar-refractivity contribution is 5.65. The van der Waals surface area contributed by atoms with Gasteiger partial charge in [0.25, 0.3) is 0 Å². The Morgan fingerprint density at radius 2 is 1.52 bits per heavy atom. The molecule has 0 amide bonds. The Kier molecular flexibility index (Phi) is 8.26. The van der Waals surface area contributed by atoms with E-state index in [1.807, 2.05) is 6.07 Å². The fourth-order valence-corrected chi connectivity index (χ4v) is 4.65. The molecule has 1 saturated heterocycles. The SMILES string of the molecule is COc1ccc(CCN2CCC(CCNc3ccc(-c4ccccc4)cc3)CC2)cc1OC. The Balaban J connectivity index is 1.15. The second kappa shape index (κ2) is 11.8. The molecule has 3 aromatic rings. The van der Waals surface area contributed by atoms with Crippen LogP contribution in [0.1, 0.15) is 24.8 Å². The van der Waals surface area contributed by atoms with Gasteiger partial charge in [0.15, 0.2) is 11.5 Å². The number of likely N-dealkylation sites (tertiary alicyclic amines) is 1. The predicted molar refractivity (Wildman–Crippen MR) is 137 cm³/mol. The van der Waals surface area contributed by atoms with Crippen molar-refractivity contribution in [3.05, 3.63) is 78.4 Å². The molecule has 1 heterocycles. The van der Waals surface area contributed by atoms with Gasteiger partial charge >= 0.3 is 0 Å². The van der Waals surface area contributed by atoms with E-state index >= 15 is 0 Å². The summed E-state index contributed by atoms with van der Waals surface area (Å²) in [7, 11) is 3.37. The molecule has 4 heteroatoms. The monoisotopic (exact) mass is 444 g/mol. The standard InChI is InChI=1S/C29H36N2O2/c1-32-28-13-8-24(22-29(28)33-2)17-21-31-19-15-23(16-20-31)14-18-30-27-11-9-26(10-12-27)25-6-4-3-5-7-25/h3-13,22-23,30H,14-21H2,1-2H3. The molecule has 1 aliphatic rings. The van der Waals surface area contributed by atoms with Crippen molar-refractivity contribution < 1.29 is 9.47 Å². The maximum Gasteiger partial charge on any atom is 0.160 e. The largest absolute Gasteiger partial charge is 0.493 e. The molecule has 0 bridgehead atoms. The minimum absolute atomic E-state index is 0.794. The lowest BCUT2D eigenvalue weighted by atomic mass is 9.93. The second-order valence-electron chi connectivity index (χ2n) is 8.88. The summed E-state index contributed by atoms with van der Waals surface area (Å²) in [6, 6.07) is 25.6. The van der Waals surface area contributed by atoms with Crippen LogP contribution in [0.15, 0.2) is 72.8 Å². The third-order valence-electron chi connectivity index (χ3n) is 6.75. The Hall–Kier alpha value is -2.98. The van der Waals surface area contributed by atoms with Gasteiger partial charge in [0.1, 0.15) is 0 Å². The molecule has 174 valence electrons. The molecule has 3 aromatic carbocycles. The molecule has 0 unspecified atom stereocenters. The van der Waals surface area contributed by atoms with Crippen LogP contribution < -0.4 is 14.8 Å². The van der Waals surface area contributed by atoms with Crippen LogP contribution in [0.2, 0.25) is 0 Å². The summed E-state index contributed by atoms with van der Waals surface area (Å²) in [5, 5.41) is 3.61. The number of ether oxygens (including phenoxy) is 2. The van der Waals surface area contributed by atoms with Gasteiger partial charge in [-0.1, -0.05) is 48.5 Å². The minimum Gasteiger partial charge on any atom is -0.493 e. The molecular formula is C29H36N2O2. The molecule has 0 aromatic heterocycles. The molecule has 33 heavy (non-hydrogen) atoms. The number of nitrogens with zero attached hydrogens (tertiary/aromatic N) is 1. The van der Waals surface area contributed by atoms with Gasteiger partial charge in [-0.05, 0) is 85.6 Å². The summed E-state index contributed by atoms with van der Waals surface area (Å²) in [4.78, 5) is 2.60. The predicted octanol–water partition coefficient (Wildman–Crippen LogP) is 6.13. The average molecular weight is 445 g/mol. The van der Waals surface area contributed by atoms with Crippen molar-refractivity contribution in [1.82, 2.24) is 4.90 Å². The highest BCUT2D eigenvalue weighted by atomic mass is 16.5. The van der Waals surface area contributed by atoms with Crippen molar-refractivity contribution in [1.29, 1.82) is 0 Å². The molecule has 0 aliphatic carbocycles. The molecule has 0 radical (unpaired) electrons.